The third kappa shape index (κ3) is 3.41. The Morgan fingerprint density at radius 2 is 2.10 bits per heavy atom. The summed E-state index contributed by atoms with van der Waals surface area (Å²) in [5, 5.41) is 13.4. The van der Waals surface area contributed by atoms with E-state index in [-0.39, 0.29) is 18.4 Å². The van der Waals surface area contributed by atoms with E-state index in [1.165, 1.54) is 0 Å². The Bertz CT molecular complexity index is 472. The fraction of sp³-hybridized carbons (Fsp3) is 0.667. The summed E-state index contributed by atoms with van der Waals surface area (Å²) in [7, 11) is 0. The highest BCUT2D eigenvalue weighted by molar-refractivity contribution is 5.78. The van der Waals surface area contributed by atoms with Gasteiger partial charge in [0.05, 0.1) is 6.54 Å². The standard InChI is InChI=1S/C15H23NO4/c1-10-8-13(11(2)20-10)15(3,18)9-16-14(17)12-4-6-19-7-5-12/h8,12,18H,4-7,9H2,1-3H3,(H,16,17). The molecular formula is C15H23NO4. The molecule has 1 atom stereocenters. The highest BCUT2D eigenvalue weighted by atomic mass is 16.5. The van der Waals surface area contributed by atoms with Gasteiger partial charge in [0.2, 0.25) is 5.91 Å². The predicted octanol–water partition coefficient (Wildman–Crippen LogP) is 1.65. The van der Waals surface area contributed by atoms with E-state index in [0.29, 0.717) is 19.0 Å². The third-order valence-electron chi connectivity index (χ3n) is 3.82. The van der Waals surface area contributed by atoms with Crippen molar-refractivity contribution in [2.45, 2.75) is 39.2 Å². The molecule has 2 N–H and O–H groups in total. The van der Waals surface area contributed by atoms with E-state index in [1.807, 2.05) is 19.9 Å². The summed E-state index contributed by atoms with van der Waals surface area (Å²) >= 11 is 0. The number of carbonyl (C=O) groups is 1. The summed E-state index contributed by atoms with van der Waals surface area (Å²) in [5.41, 5.74) is -0.398. The zero-order valence-electron chi connectivity index (χ0n) is 12.4. The molecular weight excluding hydrogens is 258 g/mol. The maximum atomic E-state index is 12.1. The normalized spacial score (nSPS) is 19.6. The summed E-state index contributed by atoms with van der Waals surface area (Å²) in [6.07, 6.45) is 1.50. The molecule has 1 aromatic rings. The molecule has 0 bridgehead atoms. The smallest absolute Gasteiger partial charge is 0.223 e. The SMILES string of the molecule is Cc1cc(C(C)(O)CNC(=O)C2CCOCC2)c(C)o1. The molecule has 1 unspecified atom stereocenters. The van der Waals surface area contributed by atoms with Gasteiger partial charge in [0.1, 0.15) is 17.1 Å². The largest absolute Gasteiger partial charge is 0.466 e. The molecule has 20 heavy (non-hydrogen) atoms. The second-order valence-corrected chi connectivity index (χ2v) is 5.71. The molecule has 1 saturated heterocycles. The van der Waals surface area contributed by atoms with Crippen LogP contribution in [0.15, 0.2) is 10.5 Å². The van der Waals surface area contributed by atoms with Crippen LogP contribution in [0.25, 0.3) is 0 Å². The Kier molecular flexibility index (Phi) is 4.50. The van der Waals surface area contributed by atoms with Crippen molar-refractivity contribution in [2.75, 3.05) is 19.8 Å². The van der Waals surface area contributed by atoms with Crippen molar-refractivity contribution < 1.29 is 19.1 Å². The summed E-state index contributed by atoms with van der Waals surface area (Å²) in [5.74, 6) is 1.43. The molecule has 0 radical (unpaired) electrons. The van der Waals surface area contributed by atoms with Gasteiger partial charge in [0.15, 0.2) is 0 Å². The molecule has 112 valence electrons. The van der Waals surface area contributed by atoms with Gasteiger partial charge in [-0.2, -0.15) is 0 Å². The number of ether oxygens (including phenoxy) is 1. The Morgan fingerprint density at radius 3 is 2.65 bits per heavy atom. The van der Waals surface area contributed by atoms with Crippen molar-refractivity contribution >= 4 is 5.91 Å². The first-order valence-corrected chi connectivity index (χ1v) is 7.05. The van der Waals surface area contributed by atoms with E-state index in [1.54, 1.807) is 6.92 Å². The molecule has 5 nitrogen and oxygen atoms in total. The van der Waals surface area contributed by atoms with Crippen molar-refractivity contribution in [3.05, 3.63) is 23.2 Å². The van der Waals surface area contributed by atoms with Gasteiger partial charge in [0.25, 0.3) is 0 Å². The molecule has 1 amide bonds. The van der Waals surface area contributed by atoms with Crippen molar-refractivity contribution in [2.24, 2.45) is 5.92 Å². The first-order chi connectivity index (χ1) is 9.40. The number of amides is 1. The lowest BCUT2D eigenvalue weighted by molar-refractivity contribution is -0.129. The first kappa shape index (κ1) is 15.1. The van der Waals surface area contributed by atoms with Crippen LogP contribution in [-0.2, 0) is 15.1 Å². The van der Waals surface area contributed by atoms with Crippen molar-refractivity contribution in [3.8, 4) is 0 Å². The summed E-state index contributed by atoms with van der Waals surface area (Å²) < 4.78 is 10.7. The number of furan rings is 1. The maximum Gasteiger partial charge on any atom is 0.223 e. The fourth-order valence-electron chi connectivity index (χ4n) is 2.62. The van der Waals surface area contributed by atoms with Gasteiger partial charge in [-0.15, -0.1) is 0 Å². The van der Waals surface area contributed by atoms with Gasteiger partial charge in [-0.3, -0.25) is 4.79 Å². The Balaban J connectivity index is 1.94. The number of hydrogen-bond donors (Lipinski definition) is 2. The minimum absolute atomic E-state index is 0.00765. The van der Waals surface area contributed by atoms with E-state index in [9.17, 15) is 9.90 Å². The van der Waals surface area contributed by atoms with Gasteiger partial charge in [-0.1, -0.05) is 0 Å². The van der Waals surface area contributed by atoms with E-state index in [0.717, 1.165) is 24.2 Å². The molecule has 0 aromatic carbocycles. The number of nitrogens with one attached hydrogen (secondary N) is 1. The van der Waals surface area contributed by atoms with E-state index >= 15 is 0 Å². The average molecular weight is 281 g/mol. The minimum atomic E-state index is -1.12. The fourth-order valence-corrected chi connectivity index (χ4v) is 2.62. The number of carbonyl (C=O) groups excluding carboxylic acids is 1. The lowest BCUT2D eigenvalue weighted by Gasteiger charge is -2.26. The second-order valence-electron chi connectivity index (χ2n) is 5.71. The molecule has 1 aromatic heterocycles. The average Bonchev–Trinajstić information content (AvgIpc) is 2.77. The summed E-state index contributed by atoms with van der Waals surface area (Å²) in [6.45, 7) is 6.80. The second kappa shape index (κ2) is 5.97. The van der Waals surface area contributed by atoms with Gasteiger partial charge in [-0.05, 0) is 39.7 Å². The van der Waals surface area contributed by atoms with Crippen LogP contribution in [-0.4, -0.2) is 30.8 Å². The maximum absolute atomic E-state index is 12.1. The topological polar surface area (TPSA) is 71.7 Å². The summed E-state index contributed by atoms with van der Waals surface area (Å²) in [4.78, 5) is 12.1. The Labute approximate surface area is 119 Å². The van der Waals surface area contributed by atoms with Gasteiger partial charge < -0.3 is 19.6 Å². The molecule has 1 fully saturated rings. The molecule has 2 heterocycles. The first-order valence-electron chi connectivity index (χ1n) is 7.05. The number of rotatable bonds is 4. The van der Waals surface area contributed by atoms with Gasteiger partial charge >= 0.3 is 0 Å². The van der Waals surface area contributed by atoms with E-state index in [4.69, 9.17) is 9.15 Å². The highest BCUT2D eigenvalue weighted by Crippen LogP contribution is 2.26. The van der Waals surface area contributed by atoms with Crippen molar-refractivity contribution in [1.82, 2.24) is 5.32 Å². The van der Waals surface area contributed by atoms with Crippen LogP contribution in [0.1, 0.15) is 36.8 Å². The van der Waals surface area contributed by atoms with Crippen molar-refractivity contribution in [1.29, 1.82) is 0 Å². The zero-order valence-corrected chi connectivity index (χ0v) is 12.4. The highest BCUT2D eigenvalue weighted by Gasteiger charge is 2.30. The zero-order chi connectivity index (χ0) is 14.8. The third-order valence-corrected chi connectivity index (χ3v) is 3.82. The van der Waals surface area contributed by atoms with Crippen LogP contribution in [0.5, 0.6) is 0 Å². The number of aliphatic hydroxyl groups is 1. The quantitative estimate of drug-likeness (QED) is 0.880. The lowest BCUT2D eigenvalue weighted by atomic mass is 9.95. The van der Waals surface area contributed by atoms with Crippen molar-refractivity contribution in [3.63, 3.8) is 0 Å². The molecule has 0 saturated carbocycles. The van der Waals surface area contributed by atoms with Crippen LogP contribution >= 0.6 is 0 Å². The number of aryl methyl sites for hydroxylation is 2. The minimum Gasteiger partial charge on any atom is -0.466 e. The van der Waals surface area contributed by atoms with Crippen LogP contribution < -0.4 is 5.32 Å². The lowest BCUT2D eigenvalue weighted by Crippen LogP contribution is -2.42. The Hall–Kier alpha value is -1.33. The predicted molar refractivity (Wildman–Crippen MR) is 74.3 cm³/mol. The van der Waals surface area contributed by atoms with E-state index < -0.39 is 5.60 Å². The van der Waals surface area contributed by atoms with Crippen LogP contribution in [0.4, 0.5) is 0 Å². The van der Waals surface area contributed by atoms with Gasteiger partial charge in [-0.25, -0.2) is 0 Å². The molecule has 5 heteroatoms. The summed E-state index contributed by atoms with van der Waals surface area (Å²) in [6, 6.07) is 1.82. The van der Waals surface area contributed by atoms with E-state index in [2.05, 4.69) is 5.32 Å². The molecule has 1 aliphatic rings. The molecule has 1 aliphatic heterocycles. The Morgan fingerprint density at radius 1 is 1.45 bits per heavy atom. The van der Waals surface area contributed by atoms with Crippen LogP contribution in [0, 0.1) is 19.8 Å². The molecule has 2 rings (SSSR count). The van der Waals surface area contributed by atoms with Crippen LogP contribution in [0.3, 0.4) is 0 Å². The molecule has 0 spiro atoms. The number of hydrogen-bond acceptors (Lipinski definition) is 4. The molecule has 0 aliphatic carbocycles. The van der Waals surface area contributed by atoms with Gasteiger partial charge in [0, 0.05) is 24.7 Å². The van der Waals surface area contributed by atoms with Crippen LogP contribution in [0.2, 0.25) is 0 Å². The monoisotopic (exact) mass is 281 g/mol.